The normalized spacial score (nSPS) is 14.9. The van der Waals surface area contributed by atoms with E-state index in [1.54, 1.807) is 12.0 Å². The van der Waals surface area contributed by atoms with Crippen LogP contribution in [-0.4, -0.2) is 22.2 Å². The molecule has 0 bridgehead atoms. The second kappa shape index (κ2) is 9.81. The maximum Gasteiger partial charge on any atom is 0.266 e. The van der Waals surface area contributed by atoms with Crippen LogP contribution in [0.4, 0.5) is 0 Å². The summed E-state index contributed by atoms with van der Waals surface area (Å²) in [4.78, 5) is 15.2. The van der Waals surface area contributed by atoms with E-state index in [0.717, 1.165) is 16.7 Å². The number of hydrogen-bond donors (Lipinski definition) is 0. The van der Waals surface area contributed by atoms with Gasteiger partial charge in [-0.2, -0.15) is 0 Å². The SMILES string of the molecule is COc1ccc(/C=C2\SC(=S)N(Cc3ccccc3)C2=O)cc1OCc1ccccc1. The van der Waals surface area contributed by atoms with E-state index in [1.807, 2.05) is 84.9 Å². The number of thioether (sulfide) groups is 1. The van der Waals surface area contributed by atoms with Crippen molar-refractivity contribution in [3.05, 3.63) is 100 Å². The topological polar surface area (TPSA) is 38.8 Å². The van der Waals surface area contributed by atoms with Crippen LogP contribution in [-0.2, 0) is 17.9 Å². The van der Waals surface area contributed by atoms with Crippen molar-refractivity contribution < 1.29 is 14.3 Å². The Morgan fingerprint density at radius 1 is 0.935 bits per heavy atom. The molecule has 0 aliphatic carbocycles. The van der Waals surface area contributed by atoms with Crippen molar-refractivity contribution in [3.8, 4) is 11.5 Å². The van der Waals surface area contributed by atoms with E-state index in [-0.39, 0.29) is 5.91 Å². The number of thiocarbonyl (C=S) groups is 1. The van der Waals surface area contributed by atoms with Crippen LogP contribution in [0, 0.1) is 0 Å². The quantitative estimate of drug-likeness (QED) is 0.344. The van der Waals surface area contributed by atoms with Gasteiger partial charge in [-0.15, -0.1) is 0 Å². The monoisotopic (exact) mass is 447 g/mol. The zero-order chi connectivity index (χ0) is 21.6. The van der Waals surface area contributed by atoms with Gasteiger partial charge in [0.15, 0.2) is 11.5 Å². The minimum atomic E-state index is -0.0820. The lowest BCUT2D eigenvalue weighted by Crippen LogP contribution is -2.27. The Kier molecular flexibility index (Phi) is 6.70. The third-order valence-corrected chi connectivity index (χ3v) is 6.16. The molecule has 3 aromatic carbocycles. The minimum Gasteiger partial charge on any atom is -0.493 e. The number of ether oxygens (including phenoxy) is 2. The van der Waals surface area contributed by atoms with Gasteiger partial charge in [-0.3, -0.25) is 9.69 Å². The summed E-state index contributed by atoms with van der Waals surface area (Å²) in [5.41, 5.74) is 2.96. The molecule has 1 heterocycles. The number of carbonyl (C=O) groups excluding carboxylic acids is 1. The van der Waals surface area contributed by atoms with Gasteiger partial charge in [0.05, 0.1) is 18.6 Å². The van der Waals surface area contributed by atoms with Gasteiger partial charge in [0.1, 0.15) is 10.9 Å². The average Bonchev–Trinajstić information content (AvgIpc) is 3.06. The van der Waals surface area contributed by atoms with E-state index in [0.29, 0.717) is 33.9 Å². The largest absolute Gasteiger partial charge is 0.493 e. The number of nitrogens with zero attached hydrogens (tertiary/aromatic N) is 1. The number of amides is 1. The molecule has 0 saturated carbocycles. The predicted octanol–water partition coefficient (Wildman–Crippen LogP) is 5.68. The van der Waals surface area contributed by atoms with Crippen molar-refractivity contribution in [3.63, 3.8) is 0 Å². The van der Waals surface area contributed by atoms with E-state index < -0.39 is 0 Å². The van der Waals surface area contributed by atoms with Gasteiger partial charge in [-0.1, -0.05) is 90.7 Å². The Morgan fingerprint density at radius 2 is 1.61 bits per heavy atom. The molecule has 0 unspecified atom stereocenters. The van der Waals surface area contributed by atoms with Crippen molar-refractivity contribution in [2.45, 2.75) is 13.2 Å². The van der Waals surface area contributed by atoms with Crippen LogP contribution in [0.25, 0.3) is 6.08 Å². The van der Waals surface area contributed by atoms with Crippen molar-refractivity contribution in [2.24, 2.45) is 0 Å². The number of hydrogen-bond acceptors (Lipinski definition) is 5. The molecule has 1 amide bonds. The number of rotatable bonds is 7. The highest BCUT2D eigenvalue weighted by atomic mass is 32.2. The lowest BCUT2D eigenvalue weighted by Gasteiger charge is -2.14. The van der Waals surface area contributed by atoms with Crippen molar-refractivity contribution in [1.29, 1.82) is 0 Å². The van der Waals surface area contributed by atoms with Crippen LogP contribution in [0.2, 0.25) is 0 Å². The summed E-state index contributed by atoms with van der Waals surface area (Å²) in [5.74, 6) is 1.19. The van der Waals surface area contributed by atoms with E-state index in [4.69, 9.17) is 21.7 Å². The van der Waals surface area contributed by atoms with Gasteiger partial charge in [-0.25, -0.2) is 0 Å². The van der Waals surface area contributed by atoms with Crippen LogP contribution in [0.1, 0.15) is 16.7 Å². The van der Waals surface area contributed by atoms with Gasteiger partial charge >= 0.3 is 0 Å². The molecule has 1 fully saturated rings. The first-order chi connectivity index (χ1) is 15.1. The van der Waals surface area contributed by atoms with Gasteiger partial charge in [0.2, 0.25) is 0 Å². The summed E-state index contributed by atoms with van der Waals surface area (Å²) >= 11 is 6.77. The summed E-state index contributed by atoms with van der Waals surface area (Å²) in [6.45, 7) is 0.900. The molecule has 1 saturated heterocycles. The lowest BCUT2D eigenvalue weighted by molar-refractivity contribution is -0.122. The molecule has 0 radical (unpaired) electrons. The van der Waals surface area contributed by atoms with Crippen molar-refractivity contribution >= 4 is 40.3 Å². The molecule has 1 aliphatic rings. The average molecular weight is 448 g/mol. The number of carbonyl (C=O) groups is 1. The van der Waals surface area contributed by atoms with Gasteiger partial charge in [0, 0.05) is 0 Å². The fraction of sp³-hybridized carbons (Fsp3) is 0.120. The Labute approximate surface area is 191 Å². The van der Waals surface area contributed by atoms with E-state index in [2.05, 4.69) is 0 Å². The summed E-state index contributed by atoms with van der Waals surface area (Å²) in [7, 11) is 1.61. The molecular formula is C25H21NO3S2. The van der Waals surface area contributed by atoms with E-state index in [9.17, 15) is 4.79 Å². The highest BCUT2D eigenvalue weighted by molar-refractivity contribution is 8.26. The number of methoxy groups -OCH3 is 1. The van der Waals surface area contributed by atoms with Crippen LogP contribution in [0.3, 0.4) is 0 Å². The van der Waals surface area contributed by atoms with Gasteiger partial charge in [-0.05, 0) is 34.9 Å². The second-order valence-electron chi connectivity index (χ2n) is 6.94. The fourth-order valence-corrected chi connectivity index (χ4v) is 4.44. The molecule has 0 spiro atoms. The summed E-state index contributed by atoms with van der Waals surface area (Å²) < 4.78 is 12.0. The maximum absolute atomic E-state index is 12.9. The van der Waals surface area contributed by atoms with E-state index >= 15 is 0 Å². The zero-order valence-corrected chi connectivity index (χ0v) is 18.6. The second-order valence-corrected chi connectivity index (χ2v) is 8.61. The predicted molar refractivity (Wildman–Crippen MR) is 129 cm³/mol. The molecule has 0 aromatic heterocycles. The molecule has 6 heteroatoms. The molecule has 156 valence electrons. The van der Waals surface area contributed by atoms with Crippen LogP contribution >= 0.6 is 24.0 Å². The molecule has 31 heavy (non-hydrogen) atoms. The Morgan fingerprint density at radius 3 is 2.29 bits per heavy atom. The molecule has 1 aliphatic heterocycles. The summed E-state index contributed by atoms with van der Waals surface area (Å²) in [5, 5.41) is 0. The molecule has 4 nitrogen and oxygen atoms in total. The number of benzene rings is 3. The summed E-state index contributed by atoms with van der Waals surface area (Å²) in [6.07, 6.45) is 1.85. The molecule has 0 N–H and O–H groups in total. The fourth-order valence-electron chi connectivity index (χ4n) is 3.18. The lowest BCUT2D eigenvalue weighted by atomic mass is 10.1. The highest BCUT2D eigenvalue weighted by Crippen LogP contribution is 2.35. The highest BCUT2D eigenvalue weighted by Gasteiger charge is 2.32. The first kappa shape index (κ1) is 21.2. The first-order valence-corrected chi connectivity index (χ1v) is 11.0. The minimum absolute atomic E-state index is 0.0820. The zero-order valence-electron chi connectivity index (χ0n) is 17.0. The third kappa shape index (κ3) is 5.16. The maximum atomic E-state index is 12.9. The van der Waals surface area contributed by atoms with Crippen molar-refractivity contribution in [1.82, 2.24) is 4.90 Å². The smallest absolute Gasteiger partial charge is 0.266 e. The Hall–Kier alpha value is -3.09. The van der Waals surface area contributed by atoms with Crippen LogP contribution in [0.5, 0.6) is 11.5 Å². The third-order valence-electron chi connectivity index (χ3n) is 4.78. The summed E-state index contributed by atoms with van der Waals surface area (Å²) in [6, 6.07) is 25.4. The molecule has 4 rings (SSSR count). The van der Waals surface area contributed by atoms with Gasteiger partial charge < -0.3 is 9.47 Å². The van der Waals surface area contributed by atoms with E-state index in [1.165, 1.54) is 11.8 Å². The first-order valence-electron chi connectivity index (χ1n) is 9.78. The van der Waals surface area contributed by atoms with Crippen LogP contribution in [0.15, 0.2) is 83.8 Å². The molecule has 0 atom stereocenters. The van der Waals surface area contributed by atoms with Crippen molar-refractivity contribution in [2.75, 3.05) is 7.11 Å². The Balaban J connectivity index is 1.52. The molecular weight excluding hydrogens is 426 g/mol. The standard InChI is InChI=1S/C25H21NO3S2/c1-28-21-13-12-20(14-22(21)29-17-19-10-6-3-7-11-19)15-23-24(27)26(25(30)31-23)16-18-8-4-2-5-9-18/h2-15H,16-17H2,1H3/b23-15-. The Bertz CT molecular complexity index is 1110. The van der Waals surface area contributed by atoms with Gasteiger partial charge in [0.25, 0.3) is 5.91 Å². The van der Waals surface area contributed by atoms with Crippen LogP contribution < -0.4 is 9.47 Å². The molecule has 3 aromatic rings.